The molecule has 3 rings (SSSR count). The van der Waals surface area contributed by atoms with Crippen molar-refractivity contribution in [2.24, 2.45) is 5.92 Å². The maximum Gasteiger partial charge on any atom is 0.306 e. The summed E-state index contributed by atoms with van der Waals surface area (Å²) in [7, 11) is 0. The monoisotopic (exact) mass is 525 g/mol. The molecule has 1 saturated heterocycles. The number of aliphatic carboxylic acids is 1. The molecular weight excluding hydrogens is 493 g/mol. The summed E-state index contributed by atoms with van der Waals surface area (Å²) in [5.41, 5.74) is 2.61. The molecule has 0 radical (unpaired) electrons. The molecule has 2 fully saturated rings. The number of hydrogen-bond donors (Lipinski definition) is 2. The summed E-state index contributed by atoms with van der Waals surface area (Å²) in [4.78, 5) is 16.1. The molecule has 1 aliphatic carbocycles. The number of benzene rings is 1. The molecule has 1 heterocycles. The largest absolute Gasteiger partial charge is 0.481 e. The van der Waals surface area contributed by atoms with Crippen LogP contribution in [-0.2, 0) is 4.79 Å². The number of carboxylic acid groups (broad SMARTS) is 1. The molecule has 1 aromatic carbocycles. The molecule has 1 aliphatic heterocycles. The average Bonchev–Trinajstić information content (AvgIpc) is 2.83. The molecule has 2 unspecified atom stereocenters. The summed E-state index contributed by atoms with van der Waals surface area (Å²) in [6.45, 7) is 11.7. The van der Waals surface area contributed by atoms with Crippen LogP contribution in [0.25, 0.3) is 0 Å². The first-order chi connectivity index (χ1) is 16.2. The van der Waals surface area contributed by atoms with E-state index in [0.29, 0.717) is 21.1 Å². The number of hydrogen-bond acceptors (Lipinski definition) is 4. The fourth-order valence-corrected chi connectivity index (χ4v) is 5.53. The van der Waals surface area contributed by atoms with Gasteiger partial charge in [0.05, 0.1) is 22.7 Å². The maximum absolute atomic E-state index is 11.4. The predicted molar refractivity (Wildman–Crippen MR) is 141 cm³/mol. The second kappa shape index (κ2) is 12.3. The molecule has 0 bridgehead atoms. The smallest absolute Gasteiger partial charge is 0.306 e. The van der Waals surface area contributed by atoms with Crippen molar-refractivity contribution >= 4 is 40.8 Å². The molecule has 34 heavy (non-hydrogen) atoms. The van der Waals surface area contributed by atoms with Gasteiger partial charge < -0.3 is 15.3 Å². The van der Waals surface area contributed by atoms with Crippen LogP contribution in [0.15, 0.2) is 53.4 Å². The van der Waals surface area contributed by atoms with Crippen molar-refractivity contribution < 1.29 is 9.90 Å². The van der Waals surface area contributed by atoms with E-state index in [1.165, 1.54) is 0 Å². The quantitative estimate of drug-likeness (QED) is 0.382. The van der Waals surface area contributed by atoms with Crippen LogP contribution in [0.3, 0.4) is 0 Å². The van der Waals surface area contributed by atoms with Crippen molar-refractivity contribution in [1.82, 2.24) is 15.1 Å². The summed E-state index contributed by atoms with van der Waals surface area (Å²) in [5.74, 6) is -0.862. The molecule has 5 nitrogen and oxygen atoms in total. The number of halogens is 3. The molecule has 0 aromatic heterocycles. The van der Waals surface area contributed by atoms with Crippen LogP contribution in [0.1, 0.15) is 51.1 Å². The number of allylic oxidation sites excluding steroid dienone is 3. The van der Waals surface area contributed by atoms with Gasteiger partial charge in [-0.3, -0.25) is 9.69 Å². The van der Waals surface area contributed by atoms with E-state index >= 15 is 0 Å². The van der Waals surface area contributed by atoms with Gasteiger partial charge in [0, 0.05) is 48.0 Å². The highest BCUT2D eigenvalue weighted by Gasteiger charge is 2.32. The van der Waals surface area contributed by atoms with Crippen molar-refractivity contribution in [2.45, 2.75) is 51.6 Å². The third kappa shape index (κ3) is 6.94. The Kier molecular flexibility index (Phi) is 9.78. The highest BCUT2D eigenvalue weighted by atomic mass is 35.5. The van der Waals surface area contributed by atoms with Crippen molar-refractivity contribution in [2.75, 3.05) is 26.2 Å². The highest BCUT2D eigenvalue weighted by Crippen LogP contribution is 2.30. The molecular formula is C26H34Cl3N3O2. The zero-order chi connectivity index (χ0) is 24.8. The molecule has 2 aliphatic rings. The minimum Gasteiger partial charge on any atom is -0.481 e. The topological polar surface area (TPSA) is 55.8 Å². The van der Waals surface area contributed by atoms with Gasteiger partial charge in [0.25, 0.3) is 0 Å². The van der Waals surface area contributed by atoms with Crippen molar-refractivity contribution in [3.8, 4) is 0 Å². The first kappa shape index (κ1) is 26.9. The second-order valence-corrected chi connectivity index (χ2v) is 10.3. The Bertz CT molecular complexity index is 955. The van der Waals surface area contributed by atoms with E-state index in [1.807, 2.05) is 38.1 Å². The average molecular weight is 527 g/mol. The highest BCUT2D eigenvalue weighted by molar-refractivity contribution is 6.35. The van der Waals surface area contributed by atoms with E-state index in [2.05, 4.69) is 21.7 Å². The third-order valence-electron chi connectivity index (χ3n) is 6.86. The Labute approximate surface area is 218 Å². The first-order valence-corrected chi connectivity index (χ1v) is 13.0. The van der Waals surface area contributed by atoms with E-state index in [0.717, 1.165) is 68.8 Å². The van der Waals surface area contributed by atoms with Gasteiger partial charge in [0.15, 0.2) is 0 Å². The molecule has 186 valence electrons. The van der Waals surface area contributed by atoms with Gasteiger partial charge in [0.1, 0.15) is 0 Å². The molecule has 8 heteroatoms. The predicted octanol–water partition coefficient (Wildman–Crippen LogP) is 6.45. The lowest BCUT2D eigenvalue weighted by Crippen LogP contribution is -2.51. The standard InChI is InChI=1S/C26H34Cl3N3O2/c1-4-23(28)25(30-18(3)22-9-8-20(27)16-24(22)29)14-17(2)31-10-12-32(13-11-31)21-7-5-6-19(15-21)26(33)34/h4,8-9,14,16,18-19,21,30H,2,5-7,10-13,15H2,1,3H3,(H,33,34)/b23-4+,25-14+/t18-,19?,21?/m1/s1. The van der Waals surface area contributed by atoms with Crippen LogP contribution in [0.4, 0.5) is 0 Å². The van der Waals surface area contributed by atoms with Crippen LogP contribution in [0, 0.1) is 5.92 Å². The Morgan fingerprint density at radius 2 is 1.94 bits per heavy atom. The van der Waals surface area contributed by atoms with Gasteiger partial charge in [-0.1, -0.05) is 59.9 Å². The van der Waals surface area contributed by atoms with Gasteiger partial charge in [0.2, 0.25) is 0 Å². The number of carboxylic acids is 1. The summed E-state index contributed by atoms with van der Waals surface area (Å²) in [5, 5.41) is 14.7. The van der Waals surface area contributed by atoms with Crippen LogP contribution in [0.5, 0.6) is 0 Å². The van der Waals surface area contributed by atoms with Gasteiger partial charge in [-0.15, -0.1) is 0 Å². The van der Waals surface area contributed by atoms with E-state index in [1.54, 1.807) is 6.07 Å². The lowest BCUT2D eigenvalue weighted by atomic mass is 9.85. The third-order valence-corrected chi connectivity index (χ3v) is 7.84. The van der Waals surface area contributed by atoms with Crippen molar-refractivity contribution in [3.63, 3.8) is 0 Å². The molecule has 3 atom stereocenters. The summed E-state index contributed by atoms with van der Waals surface area (Å²) >= 11 is 19.0. The number of nitrogens with one attached hydrogen (secondary N) is 1. The van der Waals surface area contributed by atoms with E-state index < -0.39 is 5.97 Å². The zero-order valence-corrected chi connectivity index (χ0v) is 22.1. The molecule has 2 N–H and O–H groups in total. The lowest BCUT2D eigenvalue weighted by molar-refractivity contribution is -0.143. The number of piperazine rings is 1. The Balaban J connectivity index is 1.63. The fourth-order valence-electron chi connectivity index (χ4n) is 4.85. The summed E-state index contributed by atoms with van der Waals surface area (Å²) < 4.78 is 0. The number of nitrogens with zero attached hydrogens (tertiary/aromatic N) is 2. The molecule has 1 saturated carbocycles. The minimum atomic E-state index is -0.656. The number of carbonyl (C=O) groups is 1. The van der Waals surface area contributed by atoms with Crippen molar-refractivity contribution in [3.05, 3.63) is 69.0 Å². The van der Waals surface area contributed by atoms with E-state index in [4.69, 9.17) is 34.8 Å². The van der Waals surface area contributed by atoms with Gasteiger partial charge in [-0.25, -0.2) is 0 Å². The molecule has 0 amide bonds. The summed E-state index contributed by atoms with van der Waals surface area (Å²) in [6.07, 6.45) is 7.47. The first-order valence-electron chi connectivity index (χ1n) is 11.9. The van der Waals surface area contributed by atoms with Crippen LogP contribution in [-0.4, -0.2) is 53.1 Å². The minimum absolute atomic E-state index is 0.0807. The SMILES string of the molecule is C=C(/C=C(N[C@H](C)c1ccc(Cl)cc1Cl)\C(Cl)=C/C)N1CCN(C2CCCC(C(=O)O)C2)CC1. The van der Waals surface area contributed by atoms with Gasteiger partial charge >= 0.3 is 5.97 Å². The van der Waals surface area contributed by atoms with Crippen LogP contribution in [0.2, 0.25) is 10.0 Å². The van der Waals surface area contributed by atoms with Crippen LogP contribution < -0.4 is 5.32 Å². The Morgan fingerprint density at radius 3 is 2.56 bits per heavy atom. The number of rotatable bonds is 8. The van der Waals surface area contributed by atoms with E-state index in [-0.39, 0.29) is 12.0 Å². The van der Waals surface area contributed by atoms with Gasteiger partial charge in [-0.05, 0) is 56.9 Å². The van der Waals surface area contributed by atoms with Gasteiger partial charge in [-0.2, -0.15) is 0 Å². The Hall–Kier alpha value is -1.66. The van der Waals surface area contributed by atoms with Crippen molar-refractivity contribution in [1.29, 1.82) is 0 Å². The summed E-state index contributed by atoms with van der Waals surface area (Å²) in [6, 6.07) is 5.76. The molecule has 1 aromatic rings. The van der Waals surface area contributed by atoms with Crippen LogP contribution >= 0.6 is 34.8 Å². The fraction of sp³-hybridized carbons (Fsp3) is 0.500. The van der Waals surface area contributed by atoms with E-state index in [9.17, 15) is 9.90 Å². The molecule has 0 spiro atoms. The maximum atomic E-state index is 11.4. The second-order valence-electron chi connectivity index (χ2n) is 9.10. The lowest BCUT2D eigenvalue weighted by Gasteiger charge is -2.42. The Morgan fingerprint density at radius 1 is 1.24 bits per heavy atom. The zero-order valence-electron chi connectivity index (χ0n) is 19.9. The normalized spacial score (nSPS) is 23.5.